The number of aromatic nitrogens is 2. The summed E-state index contributed by atoms with van der Waals surface area (Å²) >= 11 is 0. The Morgan fingerprint density at radius 2 is 2.38 bits per heavy atom. The van der Waals surface area contributed by atoms with Crippen molar-refractivity contribution < 1.29 is 14.1 Å². The Labute approximate surface area is 94.2 Å². The van der Waals surface area contributed by atoms with Crippen LogP contribution in [0.4, 0.5) is 0 Å². The van der Waals surface area contributed by atoms with Crippen LogP contribution in [0.3, 0.4) is 0 Å². The zero-order chi connectivity index (χ0) is 11.5. The molecule has 1 aliphatic rings. The van der Waals surface area contributed by atoms with Crippen molar-refractivity contribution in [3.05, 3.63) is 11.7 Å². The summed E-state index contributed by atoms with van der Waals surface area (Å²) in [4.78, 5) is 15.9. The minimum atomic E-state index is -0.362. The van der Waals surface area contributed by atoms with E-state index in [0.717, 1.165) is 6.42 Å². The molecule has 5 nitrogen and oxygen atoms in total. The van der Waals surface area contributed by atoms with Gasteiger partial charge in [-0.1, -0.05) is 19.0 Å². The van der Waals surface area contributed by atoms with Crippen LogP contribution in [0.25, 0.3) is 0 Å². The van der Waals surface area contributed by atoms with Gasteiger partial charge in [0.1, 0.15) is 11.7 Å². The van der Waals surface area contributed by atoms with Gasteiger partial charge in [-0.25, -0.2) is 0 Å². The van der Waals surface area contributed by atoms with E-state index in [0.29, 0.717) is 31.3 Å². The zero-order valence-electron chi connectivity index (χ0n) is 9.60. The van der Waals surface area contributed by atoms with Crippen molar-refractivity contribution >= 4 is 5.78 Å². The third-order valence-corrected chi connectivity index (χ3v) is 2.97. The van der Waals surface area contributed by atoms with Crippen LogP contribution in [0, 0.1) is 0 Å². The van der Waals surface area contributed by atoms with E-state index >= 15 is 0 Å². The molecule has 0 bridgehead atoms. The van der Waals surface area contributed by atoms with Gasteiger partial charge in [-0.15, -0.1) is 0 Å². The number of carbonyl (C=O) groups is 1. The second-order valence-electron chi connectivity index (χ2n) is 4.14. The number of ketones is 1. The van der Waals surface area contributed by atoms with Gasteiger partial charge in [0.25, 0.3) is 0 Å². The van der Waals surface area contributed by atoms with E-state index in [2.05, 4.69) is 17.1 Å². The average Bonchev–Trinajstić information content (AvgIpc) is 2.78. The predicted octanol–water partition coefficient (Wildman–Crippen LogP) is 1.66. The first-order valence-electron chi connectivity index (χ1n) is 5.66. The molecule has 0 aliphatic carbocycles. The molecule has 1 aromatic heterocycles. The molecule has 0 spiro atoms. The Kier molecular flexibility index (Phi) is 3.33. The van der Waals surface area contributed by atoms with Gasteiger partial charge in [0, 0.05) is 12.3 Å². The number of carbonyl (C=O) groups excluding carboxylic acids is 1. The van der Waals surface area contributed by atoms with Crippen molar-refractivity contribution in [1.29, 1.82) is 0 Å². The lowest BCUT2D eigenvalue weighted by Gasteiger charge is -2.17. The van der Waals surface area contributed by atoms with Crippen LogP contribution in [0.1, 0.15) is 50.2 Å². The van der Waals surface area contributed by atoms with Gasteiger partial charge >= 0.3 is 0 Å². The summed E-state index contributed by atoms with van der Waals surface area (Å²) in [5.41, 5.74) is 0. The van der Waals surface area contributed by atoms with E-state index in [1.54, 1.807) is 0 Å². The molecule has 0 aromatic carbocycles. The number of ether oxygens (including phenoxy) is 1. The number of rotatable bonds is 3. The van der Waals surface area contributed by atoms with Crippen LogP contribution < -0.4 is 0 Å². The molecular weight excluding hydrogens is 208 g/mol. The Morgan fingerprint density at radius 1 is 1.56 bits per heavy atom. The summed E-state index contributed by atoms with van der Waals surface area (Å²) in [5.74, 6) is 1.11. The highest BCUT2D eigenvalue weighted by Crippen LogP contribution is 2.23. The van der Waals surface area contributed by atoms with Crippen molar-refractivity contribution in [3.8, 4) is 0 Å². The maximum Gasteiger partial charge on any atom is 0.239 e. The van der Waals surface area contributed by atoms with Gasteiger partial charge in [0.05, 0.1) is 13.2 Å². The largest absolute Gasteiger partial charge is 0.380 e. The molecule has 2 unspecified atom stereocenters. The van der Waals surface area contributed by atoms with Crippen LogP contribution in [-0.4, -0.2) is 29.1 Å². The van der Waals surface area contributed by atoms with Crippen LogP contribution in [0.5, 0.6) is 0 Å². The van der Waals surface area contributed by atoms with Gasteiger partial charge in [0.2, 0.25) is 5.89 Å². The number of nitrogens with zero attached hydrogens (tertiary/aromatic N) is 2. The Hall–Kier alpha value is -1.23. The fraction of sp³-hybridized carbons (Fsp3) is 0.727. The summed E-state index contributed by atoms with van der Waals surface area (Å²) < 4.78 is 10.4. The topological polar surface area (TPSA) is 65.2 Å². The standard InChI is InChI=1S/C11H16N2O3/c1-3-7(2)10-12-11(16-13-10)8-6-15-5-4-9(8)14/h7-8H,3-6H2,1-2H3. The van der Waals surface area contributed by atoms with Gasteiger partial charge < -0.3 is 9.26 Å². The molecule has 2 rings (SSSR count). The van der Waals surface area contributed by atoms with Crippen LogP contribution in [-0.2, 0) is 9.53 Å². The molecule has 0 radical (unpaired) electrons. The fourth-order valence-electron chi connectivity index (χ4n) is 1.62. The molecular formula is C11H16N2O3. The van der Waals surface area contributed by atoms with Gasteiger partial charge in [-0.2, -0.15) is 4.98 Å². The van der Waals surface area contributed by atoms with Gasteiger partial charge in [-0.3, -0.25) is 4.79 Å². The first-order valence-corrected chi connectivity index (χ1v) is 5.66. The molecule has 1 aliphatic heterocycles. The lowest BCUT2D eigenvalue weighted by molar-refractivity contribution is -0.127. The van der Waals surface area contributed by atoms with Crippen molar-refractivity contribution in [2.45, 2.75) is 38.5 Å². The highest BCUT2D eigenvalue weighted by Gasteiger charge is 2.30. The molecule has 5 heteroatoms. The third-order valence-electron chi connectivity index (χ3n) is 2.97. The highest BCUT2D eigenvalue weighted by atomic mass is 16.5. The molecule has 0 saturated carbocycles. The SMILES string of the molecule is CCC(C)c1noc(C2COCCC2=O)n1. The fourth-order valence-corrected chi connectivity index (χ4v) is 1.62. The maximum atomic E-state index is 11.6. The maximum absolute atomic E-state index is 11.6. The number of hydrogen-bond donors (Lipinski definition) is 0. The van der Waals surface area contributed by atoms with E-state index < -0.39 is 0 Å². The summed E-state index contributed by atoms with van der Waals surface area (Å²) in [6.07, 6.45) is 1.39. The Morgan fingerprint density at radius 3 is 3.06 bits per heavy atom. The third kappa shape index (κ3) is 2.14. The van der Waals surface area contributed by atoms with Crippen molar-refractivity contribution in [2.24, 2.45) is 0 Å². The quantitative estimate of drug-likeness (QED) is 0.781. The summed E-state index contributed by atoms with van der Waals surface area (Å²) in [6, 6.07) is 0. The van der Waals surface area contributed by atoms with E-state index in [-0.39, 0.29) is 17.6 Å². The monoisotopic (exact) mass is 224 g/mol. The van der Waals surface area contributed by atoms with E-state index in [1.807, 2.05) is 6.92 Å². The van der Waals surface area contributed by atoms with Crippen molar-refractivity contribution in [2.75, 3.05) is 13.2 Å². The normalized spacial score (nSPS) is 23.4. The summed E-state index contributed by atoms with van der Waals surface area (Å²) in [5, 5.41) is 3.90. The van der Waals surface area contributed by atoms with E-state index in [9.17, 15) is 4.79 Å². The molecule has 1 aromatic rings. The Bertz CT molecular complexity index is 375. The molecule has 1 fully saturated rings. The number of Topliss-reactive ketones (excluding diaryl/α,β-unsaturated/α-hetero) is 1. The molecule has 88 valence electrons. The molecule has 0 N–H and O–H groups in total. The molecule has 16 heavy (non-hydrogen) atoms. The smallest absolute Gasteiger partial charge is 0.239 e. The van der Waals surface area contributed by atoms with Crippen LogP contribution in [0.2, 0.25) is 0 Å². The lowest BCUT2D eigenvalue weighted by Crippen LogP contribution is -2.25. The molecule has 2 atom stereocenters. The molecule has 0 amide bonds. The zero-order valence-corrected chi connectivity index (χ0v) is 9.60. The van der Waals surface area contributed by atoms with E-state index in [4.69, 9.17) is 9.26 Å². The van der Waals surface area contributed by atoms with Crippen molar-refractivity contribution in [3.63, 3.8) is 0 Å². The molecule has 2 heterocycles. The summed E-state index contributed by atoms with van der Waals surface area (Å²) in [6.45, 7) is 4.96. The highest BCUT2D eigenvalue weighted by molar-refractivity contribution is 5.85. The predicted molar refractivity (Wildman–Crippen MR) is 56.2 cm³/mol. The first kappa shape index (κ1) is 11.3. The van der Waals surface area contributed by atoms with Crippen LogP contribution in [0.15, 0.2) is 4.52 Å². The number of hydrogen-bond acceptors (Lipinski definition) is 5. The average molecular weight is 224 g/mol. The van der Waals surface area contributed by atoms with Gasteiger partial charge in [-0.05, 0) is 6.42 Å². The molecule has 1 saturated heterocycles. The minimum Gasteiger partial charge on any atom is -0.380 e. The van der Waals surface area contributed by atoms with E-state index in [1.165, 1.54) is 0 Å². The Balaban J connectivity index is 2.14. The van der Waals surface area contributed by atoms with Gasteiger partial charge in [0.15, 0.2) is 5.82 Å². The first-order chi connectivity index (χ1) is 7.72. The van der Waals surface area contributed by atoms with Crippen LogP contribution >= 0.6 is 0 Å². The van der Waals surface area contributed by atoms with Crippen molar-refractivity contribution in [1.82, 2.24) is 10.1 Å². The lowest BCUT2D eigenvalue weighted by atomic mass is 10.0. The summed E-state index contributed by atoms with van der Waals surface area (Å²) in [7, 11) is 0. The second kappa shape index (κ2) is 4.74. The minimum absolute atomic E-state index is 0.130. The second-order valence-corrected chi connectivity index (χ2v) is 4.14.